The Balaban J connectivity index is 2.78. The van der Waals surface area contributed by atoms with Crippen LogP contribution in [0.5, 0.6) is 0 Å². The molecule has 0 radical (unpaired) electrons. The van der Waals surface area contributed by atoms with E-state index < -0.39 is 0 Å². The monoisotopic (exact) mass is 180 g/mol. The molecule has 0 aromatic heterocycles. The summed E-state index contributed by atoms with van der Waals surface area (Å²) < 4.78 is 0. The van der Waals surface area contributed by atoms with Crippen LogP contribution in [-0.2, 0) is 0 Å². The van der Waals surface area contributed by atoms with E-state index in [9.17, 15) is 0 Å². The van der Waals surface area contributed by atoms with E-state index >= 15 is 0 Å². The van der Waals surface area contributed by atoms with Crippen LogP contribution in [0.3, 0.4) is 0 Å². The number of halogens is 1. The van der Waals surface area contributed by atoms with Gasteiger partial charge in [0.25, 0.3) is 0 Å². The first-order valence-corrected chi connectivity index (χ1v) is 4.56. The Morgan fingerprint density at radius 2 is 2.00 bits per heavy atom. The average molecular weight is 181 g/mol. The van der Waals surface area contributed by atoms with Crippen LogP contribution in [-0.4, -0.2) is 0 Å². The molecule has 1 aromatic rings. The van der Waals surface area contributed by atoms with Gasteiger partial charge in [-0.3, -0.25) is 0 Å². The fourth-order valence-corrected chi connectivity index (χ4v) is 1.34. The molecule has 0 bridgehead atoms. The lowest BCUT2D eigenvalue weighted by Gasteiger charge is -2.10. The quantitative estimate of drug-likeness (QED) is 0.489. The highest BCUT2D eigenvalue weighted by atomic mass is 35.5. The third-order valence-electron chi connectivity index (χ3n) is 1.90. The van der Waals surface area contributed by atoms with Crippen LogP contribution >= 0.6 is 11.6 Å². The molecule has 1 atom stereocenters. The van der Waals surface area contributed by atoms with Gasteiger partial charge in [-0.25, -0.2) is 0 Å². The van der Waals surface area contributed by atoms with E-state index in [4.69, 9.17) is 11.6 Å². The second-order valence-corrected chi connectivity index (χ2v) is 3.22. The van der Waals surface area contributed by atoms with Gasteiger partial charge in [0.1, 0.15) is 0 Å². The van der Waals surface area contributed by atoms with E-state index in [2.05, 4.69) is 13.5 Å². The molecule has 0 aliphatic heterocycles. The SMILES string of the molecule is C=C(CC)C(Cl)c1ccccc1. The minimum atomic E-state index is -0.0313. The summed E-state index contributed by atoms with van der Waals surface area (Å²) >= 11 is 6.16. The van der Waals surface area contributed by atoms with Gasteiger partial charge in [-0.15, -0.1) is 11.6 Å². The van der Waals surface area contributed by atoms with Gasteiger partial charge in [0.05, 0.1) is 5.38 Å². The van der Waals surface area contributed by atoms with Crippen LogP contribution in [0.25, 0.3) is 0 Å². The number of allylic oxidation sites excluding steroid dienone is 1. The van der Waals surface area contributed by atoms with Crippen LogP contribution in [0.1, 0.15) is 24.3 Å². The van der Waals surface area contributed by atoms with Crippen LogP contribution in [0.2, 0.25) is 0 Å². The highest BCUT2D eigenvalue weighted by Gasteiger charge is 2.08. The average Bonchev–Trinajstić information content (AvgIpc) is 2.17. The molecule has 0 amide bonds. The fraction of sp³-hybridized carbons (Fsp3) is 0.273. The summed E-state index contributed by atoms with van der Waals surface area (Å²) in [6.45, 7) is 5.99. The van der Waals surface area contributed by atoms with Crippen molar-refractivity contribution in [2.24, 2.45) is 0 Å². The van der Waals surface area contributed by atoms with E-state index in [1.54, 1.807) is 0 Å². The minimum absolute atomic E-state index is 0.0313. The van der Waals surface area contributed by atoms with Crippen LogP contribution < -0.4 is 0 Å². The number of alkyl halides is 1. The van der Waals surface area contributed by atoms with E-state index in [1.807, 2.05) is 30.3 Å². The van der Waals surface area contributed by atoms with Crippen molar-refractivity contribution in [3.63, 3.8) is 0 Å². The van der Waals surface area contributed by atoms with Gasteiger partial charge in [-0.2, -0.15) is 0 Å². The third-order valence-corrected chi connectivity index (χ3v) is 2.47. The third kappa shape index (κ3) is 2.12. The van der Waals surface area contributed by atoms with Gasteiger partial charge in [0, 0.05) is 0 Å². The molecule has 0 fully saturated rings. The Morgan fingerprint density at radius 3 is 2.50 bits per heavy atom. The molecule has 1 unspecified atom stereocenters. The molecule has 0 N–H and O–H groups in total. The molecule has 0 saturated carbocycles. The summed E-state index contributed by atoms with van der Waals surface area (Å²) in [6.07, 6.45) is 0.934. The maximum absolute atomic E-state index is 6.16. The molecular weight excluding hydrogens is 168 g/mol. The Bertz CT molecular complexity index is 251. The molecule has 0 aliphatic carbocycles. The van der Waals surface area contributed by atoms with Gasteiger partial charge < -0.3 is 0 Å². The molecule has 1 heteroatoms. The first kappa shape index (κ1) is 9.34. The Morgan fingerprint density at radius 1 is 1.42 bits per heavy atom. The molecule has 64 valence electrons. The molecule has 1 aromatic carbocycles. The zero-order chi connectivity index (χ0) is 8.97. The van der Waals surface area contributed by atoms with E-state index in [0.717, 1.165) is 17.6 Å². The van der Waals surface area contributed by atoms with Gasteiger partial charge in [-0.1, -0.05) is 49.4 Å². The molecule has 0 spiro atoms. The first-order valence-electron chi connectivity index (χ1n) is 4.12. The van der Waals surface area contributed by atoms with E-state index in [1.165, 1.54) is 0 Å². The van der Waals surface area contributed by atoms with Crippen molar-refractivity contribution in [1.82, 2.24) is 0 Å². The maximum atomic E-state index is 6.16. The number of hydrogen-bond acceptors (Lipinski definition) is 0. The smallest absolute Gasteiger partial charge is 0.0792 e. The molecule has 0 saturated heterocycles. The standard InChI is InChI=1S/C11H13Cl/c1-3-9(2)11(12)10-7-5-4-6-8-10/h4-8,11H,2-3H2,1H3. The first-order chi connectivity index (χ1) is 5.75. The maximum Gasteiger partial charge on any atom is 0.0792 e. The van der Waals surface area contributed by atoms with Crippen molar-refractivity contribution in [2.45, 2.75) is 18.7 Å². The molecule has 12 heavy (non-hydrogen) atoms. The van der Waals surface area contributed by atoms with Crippen LogP contribution in [0, 0.1) is 0 Å². The van der Waals surface area contributed by atoms with Crippen molar-refractivity contribution in [2.75, 3.05) is 0 Å². The zero-order valence-electron chi connectivity index (χ0n) is 7.26. The van der Waals surface area contributed by atoms with Crippen molar-refractivity contribution in [3.05, 3.63) is 48.0 Å². The van der Waals surface area contributed by atoms with Crippen molar-refractivity contribution in [1.29, 1.82) is 0 Å². The predicted octanol–water partition coefficient (Wildman–Crippen LogP) is 3.93. The van der Waals surface area contributed by atoms with E-state index in [0.29, 0.717) is 0 Å². The number of rotatable bonds is 3. The zero-order valence-corrected chi connectivity index (χ0v) is 8.01. The molecule has 0 nitrogen and oxygen atoms in total. The van der Waals surface area contributed by atoms with Gasteiger partial charge in [0.2, 0.25) is 0 Å². The molecule has 0 heterocycles. The molecule has 0 aliphatic rings. The van der Waals surface area contributed by atoms with Crippen molar-refractivity contribution >= 4 is 11.6 Å². The normalized spacial score (nSPS) is 12.5. The Hall–Kier alpha value is -0.750. The summed E-state index contributed by atoms with van der Waals surface area (Å²) in [7, 11) is 0. The number of benzene rings is 1. The lowest BCUT2D eigenvalue weighted by molar-refractivity contribution is 0.985. The topological polar surface area (TPSA) is 0 Å². The van der Waals surface area contributed by atoms with Crippen LogP contribution in [0.15, 0.2) is 42.5 Å². The summed E-state index contributed by atoms with van der Waals surface area (Å²) in [5, 5.41) is -0.0313. The van der Waals surface area contributed by atoms with Gasteiger partial charge in [0.15, 0.2) is 0 Å². The highest BCUT2D eigenvalue weighted by Crippen LogP contribution is 2.28. The second-order valence-electron chi connectivity index (χ2n) is 2.79. The summed E-state index contributed by atoms with van der Waals surface area (Å²) in [6, 6.07) is 10.0. The Kier molecular flexibility index (Phi) is 3.36. The predicted molar refractivity (Wildman–Crippen MR) is 54.5 cm³/mol. The van der Waals surface area contributed by atoms with Crippen molar-refractivity contribution in [3.8, 4) is 0 Å². The van der Waals surface area contributed by atoms with E-state index in [-0.39, 0.29) is 5.38 Å². The summed E-state index contributed by atoms with van der Waals surface area (Å²) in [4.78, 5) is 0. The molecular formula is C11H13Cl. The lowest BCUT2D eigenvalue weighted by atomic mass is 10.0. The van der Waals surface area contributed by atoms with Crippen LogP contribution in [0.4, 0.5) is 0 Å². The Labute approximate surface area is 78.9 Å². The summed E-state index contributed by atoms with van der Waals surface area (Å²) in [5.74, 6) is 0. The largest absolute Gasteiger partial charge is 0.113 e. The van der Waals surface area contributed by atoms with Gasteiger partial charge >= 0.3 is 0 Å². The van der Waals surface area contributed by atoms with Gasteiger partial charge in [-0.05, 0) is 12.0 Å². The van der Waals surface area contributed by atoms with Crippen molar-refractivity contribution < 1.29 is 0 Å². The number of hydrogen-bond donors (Lipinski definition) is 0. The highest BCUT2D eigenvalue weighted by molar-refractivity contribution is 6.22. The summed E-state index contributed by atoms with van der Waals surface area (Å²) in [5.41, 5.74) is 2.20. The second kappa shape index (κ2) is 4.32. The molecule has 1 rings (SSSR count). The minimum Gasteiger partial charge on any atom is -0.113 e. The lowest BCUT2D eigenvalue weighted by Crippen LogP contribution is -1.92. The fourth-order valence-electron chi connectivity index (χ4n) is 1.04.